The van der Waals surface area contributed by atoms with Crippen LogP contribution in [0.1, 0.15) is 13.3 Å². The highest BCUT2D eigenvalue weighted by molar-refractivity contribution is 5.69. The fraction of sp³-hybridized carbons (Fsp3) is 0.308. The molecular weight excluding hydrogens is 216 g/mol. The van der Waals surface area contributed by atoms with E-state index in [1.54, 1.807) is 19.4 Å². The van der Waals surface area contributed by atoms with E-state index < -0.39 is 0 Å². The Morgan fingerprint density at radius 1 is 1.41 bits per heavy atom. The van der Waals surface area contributed by atoms with Crippen molar-refractivity contribution in [2.45, 2.75) is 19.9 Å². The van der Waals surface area contributed by atoms with Crippen LogP contribution in [-0.4, -0.2) is 22.0 Å². The van der Waals surface area contributed by atoms with Crippen molar-refractivity contribution in [1.29, 1.82) is 0 Å². The third-order valence-electron chi connectivity index (χ3n) is 2.60. The van der Waals surface area contributed by atoms with Crippen molar-refractivity contribution in [2.24, 2.45) is 0 Å². The van der Waals surface area contributed by atoms with Gasteiger partial charge in [-0.2, -0.15) is 5.10 Å². The second-order valence-electron chi connectivity index (χ2n) is 3.88. The minimum atomic E-state index is 0.209. The third-order valence-corrected chi connectivity index (χ3v) is 2.60. The van der Waals surface area contributed by atoms with Gasteiger partial charge in [0.15, 0.2) is 0 Å². The largest absolute Gasteiger partial charge is 0.507 e. The van der Waals surface area contributed by atoms with E-state index in [4.69, 9.17) is 4.74 Å². The topological polar surface area (TPSA) is 47.3 Å². The van der Waals surface area contributed by atoms with Crippen LogP contribution < -0.4 is 4.74 Å². The molecule has 0 bridgehead atoms. The molecule has 0 unspecified atom stereocenters. The lowest BCUT2D eigenvalue weighted by molar-refractivity contribution is 0.408. The molecule has 90 valence electrons. The van der Waals surface area contributed by atoms with Gasteiger partial charge in [0.05, 0.1) is 13.3 Å². The van der Waals surface area contributed by atoms with Crippen molar-refractivity contribution in [3.05, 3.63) is 30.6 Å². The Balaban J connectivity index is 2.32. The van der Waals surface area contributed by atoms with E-state index in [2.05, 4.69) is 12.0 Å². The average molecular weight is 232 g/mol. The zero-order chi connectivity index (χ0) is 12.3. The van der Waals surface area contributed by atoms with Crippen LogP contribution in [0.5, 0.6) is 11.5 Å². The van der Waals surface area contributed by atoms with Crippen LogP contribution in [0.3, 0.4) is 0 Å². The summed E-state index contributed by atoms with van der Waals surface area (Å²) in [6.45, 7) is 2.99. The Hall–Kier alpha value is -1.97. The maximum absolute atomic E-state index is 9.90. The van der Waals surface area contributed by atoms with Crippen molar-refractivity contribution in [3.63, 3.8) is 0 Å². The number of aryl methyl sites for hydroxylation is 1. The fourth-order valence-corrected chi connectivity index (χ4v) is 1.74. The van der Waals surface area contributed by atoms with E-state index in [-0.39, 0.29) is 5.75 Å². The summed E-state index contributed by atoms with van der Waals surface area (Å²) >= 11 is 0. The zero-order valence-corrected chi connectivity index (χ0v) is 10.1. The number of aromatic hydroxyl groups is 1. The summed E-state index contributed by atoms with van der Waals surface area (Å²) in [5.74, 6) is 0.854. The molecule has 0 saturated heterocycles. The van der Waals surface area contributed by atoms with Gasteiger partial charge in [-0.1, -0.05) is 6.92 Å². The van der Waals surface area contributed by atoms with Crippen molar-refractivity contribution in [1.82, 2.24) is 9.78 Å². The quantitative estimate of drug-likeness (QED) is 0.881. The van der Waals surface area contributed by atoms with Gasteiger partial charge >= 0.3 is 0 Å². The summed E-state index contributed by atoms with van der Waals surface area (Å²) in [5.41, 5.74) is 1.69. The van der Waals surface area contributed by atoms with Gasteiger partial charge in [0.1, 0.15) is 11.5 Å². The molecule has 0 aliphatic carbocycles. The molecule has 4 heteroatoms. The molecule has 0 radical (unpaired) electrons. The van der Waals surface area contributed by atoms with Gasteiger partial charge in [-0.25, -0.2) is 0 Å². The molecule has 0 spiro atoms. The van der Waals surface area contributed by atoms with Crippen LogP contribution in [-0.2, 0) is 6.54 Å². The molecular formula is C13H16N2O2. The van der Waals surface area contributed by atoms with Crippen LogP contribution in [0.15, 0.2) is 30.6 Å². The molecule has 0 atom stereocenters. The van der Waals surface area contributed by atoms with E-state index in [1.165, 1.54) is 0 Å². The zero-order valence-electron chi connectivity index (χ0n) is 10.1. The van der Waals surface area contributed by atoms with E-state index >= 15 is 0 Å². The smallest absolute Gasteiger partial charge is 0.127 e. The number of rotatable bonds is 4. The number of nitrogens with zero attached hydrogens (tertiary/aromatic N) is 2. The highest BCUT2D eigenvalue weighted by Gasteiger charge is 2.07. The summed E-state index contributed by atoms with van der Waals surface area (Å²) in [6.07, 6.45) is 4.73. The van der Waals surface area contributed by atoms with Gasteiger partial charge in [-0.05, 0) is 18.6 Å². The molecule has 17 heavy (non-hydrogen) atoms. The third kappa shape index (κ3) is 2.41. The van der Waals surface area contributed by atoms with Gasteiger partial charge in [0.2, 0.25) is 0 Å². The molecule has 0 saturated carbocycles. The first kappa shape index (κ1) is 11.5. The highest BCUT2D eigenvalue weighted by Crippen LogP contribution is 2.31. The number of hydrogen-bond acceptors (Lipinski definition) is 3. The Kier molecular flexibility index (Phi) is 3.32. The number of methoxy groups -OCH3 is 1. The predicted octanol–water partition coefficient (Wildman–Crippen LogP) is 2.67. The normalized spacial score (nSPS) is 10.5. The summed E-state index contributed by atoms with van der Waals surface area (Å²) < 4.78 is 6.92. The van der Waals surface area contributed by atoms with Gasteiger partial charge in [0, 0.05) is 29.9 Å². The van der Waals surface area contributed by atoms with Crippen molar-refractivity contribution in [3.8, 4) is 22.6 Å². The SMILES string of the molecule is CCCn1cc(-c2ccc(OC)cc2O)cn1. The van der Waals surface area contributed by atoms with Gasteiger partial charge in [-0.3, -0.25) is 4.68 Å². The molecule has 4 nitrogen and oxygen atoms in total. The van der Waals surface area contributed by atoms with Crippen LogP contribution in [0.25, 0.3) is 11.1 Å². The van der Waals surface area contributed by atoms with Gasteiger partial charge < -0.3 is 9.84 Å². The van der Waals surface area contributed by atoms with Gasteiger partial charge in [-0.15, -0.1) is 0 Å². The number of phenols is 1. The Morgan fingerprint density at radius 2 is 2.24 bits per heavy atom. The summed E-state index contributed by atoms with van der Waals surface area (Å²) in [5, 5.41) is 14.1. The summed E-state index contributed by atoms with van der Waals surface area (Å²) in [7, 11) is 1.58. The first-order valence-electron chi connectivity index (χ1n) is 5.64. The molecule has 2 aromatic rings. The van der Waals surface area contributed by atoms with Gasteiger partial charge in [0.25, 0.3) is 0 Å². The molecule has 2 rings (SSSR count). The molecule has 1 N–H and O–H groups in total. The minimum Gasteiger partial charge on any atom is -0.507 e. The standard InChI is InChI=1S/C13H16N2O2/c1-3-6-15-9-10(8-14-15)12-5-4-11(17-2)7-13(12)16/h4-5,7-9,16H,3,6H2,1-2H3. The molecule has 1 aromatic heterocycles. The average Bonchev–Trinajstić information content (AvgIpc) is 2.78. The predicted molar refractivity (Wildman–Crippen MR) is 66.2 cm³/mol. The van der Waals surface area contributed by atoms with E-state index in [9.17, 15) is 5.11 Å². The maximum atomic E-state index is 9.90. The maximum Gasteiger partial charge on any atom is 0.127 e. The second kappa shape index (κ2) is 4.91. The lowest BCUT2D eigenvalue weighted by Crippen LogP contribution is -1.95. The van der Waals surface area contributed by atoms with Crippen molar-refractivity contribution >= 4 is 0 Å². The Morgan fingerprint density at radius 3 is 2.88 bits per heavy atom. The van der Waals surface area contributed by atoms with Crippen LogP contribution in [0, 0.1) is 0 Å². The molecule has 0 amide bonds. The van der Waals surface area contributed by atoms with E-state index in [0.29, 0.717) is 5.75 Å². The fourth-order valence-electron chi connectivity index (χ4n) is 1.74. The molecule has 0 aliphatic rings. The number of hydrogen-bond donors (Lipinski definition) is 1. The van der Waals surface area contributed by atoms with E-state index in [1.807, 2.05) is 23.0 Å². The van der Waals surface area contributed by atoms with Crippen LogP contribution in [0.4, 0.5) is 0 Å². The van der Waals surface area contributed by atoms with Crippen molar-refractivity contribution < 1.29 is 9.84 Å². The highest BCUT2D eigenvalue weighted by atomic mass is 16.5. The lowest BCUT2D eigenvalue weighted by Gasteiger charge is -2.04. The number of phenolic OH excluding ortho intramolecular Hbond substituents is 1. The summed E-state index contributed by atoms with van der Waals surface area (Å²) in [6, 6.07) is 5.26. The first-order chi connectivity index (χ1) is 8.24. The second-order valence-corrected chi connectivity index (χ2v) is 3.88. The molecule has 0 fully saturated rings. The molecule has 1 heterocycles. The van der Waals surface area contributed by atoms with E-state index in [0.717, 1.165) is 24.1 Å². The summed E-state index contributed by atoms with van der Waals surface area (Å²) in [4.78, 5) is 0. The monoisotopic (exact) mass is 232 g/mol. The number of aromatic nitrogens is 2. The first-order valence-corrected chi connectivity index (χ1v) is 5.64. The van der Waals surface area contributed by atoms with Crippen LogP contribution >= 0.6 is 0 Å². The Bertz CT molecular complexity index is 506. The van der Waals surface area contributed by atoms with Crippen LogP contribution in [0.2, 0.25) is 0 Å². The Labute approximate surface area is 100 Å². The minimum absolute atomic E-state index is 0.209. The molecule has 1 aromatic carbocycles. The lowest BCUT2D eigenvalue weighted by atomic mass is 10.1. The molecule has 0 aliphatic heterocycles. The number of benzene rings is 1. The number of ether oxygens (including phenoxy) is 1. The van der Waals surface area contributed by atoms with Crippen molar-refractivity contribution in [2.75, 3.05) is 7.11 Å².